The quantitative estimate of drug-likeness (QED) is 0.884. The summed E-state index contributed by atoms with van der Waals surface area (Å²) >= 11 is 3.44. The fourth-order valence-electron chi connectivity index (χ4n) is 3.37. The Morgan fingerprint density at radius 3 is 2.64 bits per heavy atom. The topological polar surface area (TPSA) is 35.6 Å². The molecule has 2 saturated heterocycles. The first-order valence-electron chi connectivity index (χ1n) is 8.19. The number of carbonyl (C=O) groups excluding carboxylic acids is 1. The third-order valence-corrected chi connectivity index (χ3v) is 5.25. The number of carbonyl (C=O) groups is 1. The van der Waals surface area contributed by atoms with E-state index in [-0.39, 0.29) is 0 Å². The molecule has 0 aliphatic carbocycles. The summed E-state index contributed by atoms with van der Waals surface area (Å²) in [7, 11) is 0. The van der Waals surface area contributed by atoms with Gasteiger partial charge in [-0.1, -0.05) is 28.1 Å². The molecule has 2 fully saturated rings. The van der Waals surface area contributed by atoms with Gasteiger partial charge >= 0.3 is 0 Å². The molecule has 0 spiro atoms. The predicted molar refractivity (Wildman–Crippen MR) is 91.9 cm³/mol. The van der Waals surface area contributed by atoms with E-state index in [1.807, 2.05) is 12.1 Å². The molecule has 0 radical (unpaired) electrons. The summed E-state index contributed by atoms with van der Waals surface area (Å²) < 4.78 is 1.08. The molecule has 1 unspecified atom stereocenters. The maximum Gasteiger partial charge on any atom is 0.222 e. The van der Waals surface area contributed by atoms with Gasteiger partial charge in [0, 0.05) is 56.2 Å². The Kier molecular flexibility index (Phi) is 5.50. The minimum Gasteiger partial charge on any atom is -0.341 e. The van der Waals surface area contributed by atoms with Crippen LogP contribution < -0.4 is 5.32 Å². The zero-order valence-corrected chi connectivity index (χ0v) is 14.5. The standard InChI is InChI=1S/C17H24BrN3O/c18-15-4-1-14(2-5-15)3-6-17(22)21-10-7-16(13-21)20-11-8-19-9-12-20/h1-2,4-5,16,19H,3,6-13H2. The van der Waals surface area contributed by atoms with Gasteiger partial charge in [-0.2, -0.15) is 0 Å². The van der Waals surface area contributed by atoms with Crippen LogP contribution in [0.15, 0.2) is 28.7 Å². The Hall–Kier alpha value is -0.910. The van der Waals surface area contributed by atoms with E-state index in [4.69, 9.17) is 0 Å². The first-order chi connectivity index (χ1) is 10.7. The van der Waals surface area contributed by atoms with E-state index in [9.17, 15) is 4.79 Å². The monoisotopic (exact) mass is 365 g/mol. The van der Waals surface area contributed by atoms with Crippen molar-refractivity contribution in [2.75, 3.05) is 39.3 Å². The number of aryl methyl sites for hydroxylation is 1. The molecule has 120 valence electrons. The van der Waals surface area contributed by atoms with Gasteiger partial charge in [0.25, 0.3) is 0 Å². The summed E-state index contributed by atoms with van der Waals surface area (Å²) in [6, 6.07) is 8.82. The molecule has 1 aromatic rings. The minimum absolute atomic E-state index is 0.306. The van der Waals surface area contributed by atoms with Gasteiger partial charge in [-0.3, -0.25) is 9.69 Å². The highest BCUT2D eigenvalue weighted by molar-refractivity contribution is 9.10. The van der Waals surface area contributed by atoms with Crippen molar-refractivity contribution in [1.29, 1.82) is 0 Å². The Morgan fingerprint density at radius 2 is 1.91 bits per heavy atom. The Bertz CT molecular complexity index is 499. The number of hydrogen-bond donors (Lipinski definition) is 1. The predicted octanol–water partition coefficient (Wildman–Crippen LogP) is 1.89. The van der Waals surface area contributed by atoms with Crippen molar-refractivity contribution in [3.05, 3.63) is 34.3 Å². The summed E-state index contributed by atoms with van der Waals surface area (Å²) in [6.45, 7) is 6.23. The highest BCUT2D eigenvalue weighted by atomic mass is 79.9. The van der Waals surface area contributed by atoms with Crippen molar-refractivity contribution < 1.29 is 4.79 Å². The van der Waals surface area contributed by atoms with Crippen molar-refractivity contribution in [3.63, 3.8) is 0 Å². The third-order valence-electron chi connectivity index (χ3n) is 4.72. The number of nitrogens with zero attached hydrogens (tertiary/aromatic N) is 2. The number of likely N-dealkylation sites (tertiary alicyclic amines) is 1. The summed E-state index contributed by atoms with van der Waals surface area (Å²) in [5, 5.41) is 3.39. The van der Waals surface area contributed by atoms with E-state index < -0.39 is 0 Å². The second kappa shape index (κ2) is 7.57. The van der Waals surface area contributed by atoms with Gasteiger partial charge in [0.1, 0.15) is 0 Å². The maximum atomic E-state index is 12.4. The van der Waals surface area contributed by atoms with Crippen LogP contribution in [-0.4, -0.2) is 61.0 Å². The minimum atomic E-state index is 0.306. The van der Waals surface area contributed by atoms with Crippen LogP contribution in [0.4, 0.5) is 0 Å². The number of nitrogens with one attached hydrogen (secondary N) is 1. The van der Waals surface area contributed by atoms with Crippen LogP contribution >= 0.6 is 15.9 Å². The number of halogens is 1. The van der Waals surface area contributed by atoms with Crippen molar-refractivity contribution in [2.24, 2.45) is 0 Å². The molecular weight excluding hydrogens is 342 g/mol. The fourth-order valence-corrected chi connectivity index (χ4v) is 3.64. The van der Waals surface area contributed by atoms with Gasteiger partial charge in [-0.05, 0) is 30.5 Å². The molecule has 2 heterocycles. The lowest BCUT2D eigenvalue weighted by Crippen LogP contribution is -2.49. The van der Waals surface area contributed by atoms with Crippen molar-refractivity contribution in [3.8, 4) is 0 Å². The normalized spacial score (nSPS) is 23.0. The highest BCUT2D eigenvalue weighted by Gasteiger charge is 2.30. The number of rotatable bonds is 4. The van der Waals surface area contributed by atoms with Crippen molar-refractivity contribution in [2.45, 2.75) is 25.3 Å². The van der Waals surface area contributed by atoms with Crippen LogP contribution in [0.3, 0.4) is 0 Å². The lowest BCUT2D eigenvalue weighted by Gasteiger charge is -2.32. The zero-order valence-electron chi connectivity index (χ0n) is 12.9. The summed E-state index contributed by atoms with van der Waals surface area (Å²) in [6.07, 6.45) is 2.58. The van der Waals surface area contributed by atoms with Gasteiger partial charge in [-0.25, -0.2) is 0 Å². The molecule has 2 aliphatic rings. The lowest BCUT2D eigenvalue weighted by atomic mass is 10.1. The molecule has 0 bridgehead atoms. The fraction of sp³-hybridized carbons (Fsp3) is 0.588. The SMILES string of the molecule is O=C(CCc1ccc(Br)cc1)N1CCC(N2CCNCC2)C1. The Labute approximate surface area is 141 Å². The van der Waals surface area contributed by atoms with E-state index in [0.29, 0.717) is 18.4 Å². The smallest absolute Gasteiger partial charge is 0.222 e. The van der Waals surface area contributed by atoms with Crippen LogP contribution in [0.5, 0.6) is 0 Å². The Morgan fingerprint density at radius 1 is 1.18 bits per heavy atom. The number of piperazine rings is 1. The second-order valence-corrected chi connectivity index (χ2v) is 7.11. The number of benzene rings is 1. The second-order valence-electron chi connectivity index (χ2n) is 6.19. The molecule has 4 nitrogen and oxygen atoms in total. The maximum absolute atomic E-state index is 12.4. The van der Waals surface area contributed by atoms with Crippen LogP contribution in [0.25, 0.3) is 0 Å². The molecular formula is C17H24BrN3O. The van der Waals surface area contributed by atoms with Crippen LogP contribution in [0, 0.1) is 0 Å². The molecule has 22 heavy (non-hydrogen) atoms. The molecule has 0 aromatic heterocycles. The Balaban J connectivity index is 1.45. The first-order valence-corrected chi connectivity index (χ1v) is 8.98. The van der Waals surface area contributed by atoms with Crippen molar-refractivity contribution in [1.82, 2.24) is 15.1 Å². The van der Waals surface area contributed by atoms with E-state index in [2.05, 4.69) is 43.2 Å². The summed E-state index contributed by atoms with van der Waals surface area (Å²) in [4.78, 5) is 17.0. The van der Waals surface area contributed by atoms with E-state index in [1.54, 1.807) is 0 Å². The van der Waals surface area contributed by atoms with Crippen LogP contribution in [0.2, 0.25) is 0 Å². The zero-order chi connectivity index (χ0) is 15.4. The summed E-state index contributed by atoms with van der Waals surface area (Å²) in [5.74, 6) is 0.306. The lowest BCUT2D eigenvalue weighted by molar-refractivity contribution is -0.130. The van der Waals surface area contributed by atoms with Gasteiger partial charge in [0.15, 0.2) is 0 Å². The molecule has 5 heteroatoms. The largest absolute Gasteiger partial charge is 0.341 e. The summed E-state index contributed by atoms with van der Waals surface area (Å²) in [5.41, 5.74) is 1.23. The van der Waals surface area contributed by atoms with Crippen molar-refractivity contribution >= 4 is 21.8 Å². The van der Waals surface area contributed by atoms with Gasteiger partial charge < -0.3 is 10.2 Å². The van der Waals surface area contributed by atoms with E-state index in [1.165, 1.54) is 5.56 Å². The third kappa shape index (κ3) is 4.09. The molecule has 3 rings (SSSR count). The van der Waals surface area contributed by atoms with E-state index >= 15 is 0 Å². The van der Waals surface area contributed by atoms with E-state index in [0.717, 1.165) is 56.6 Å². The highest BCUT2D eigenvalue weighted by Crippen LogP contribution is 2.18. The van der Waals surface area contributed by atoms with Crippen LogP contribution in [-0.2, 0) is 11.2 Å². The van der Waals surface area contributed by atoms with Gasteiger partial charge in [0.2, 0.25) is 5.91 Å². The number of amides is 1. The molecule has 1 aromatic carbocycles. The average Bonchev–Trinajstić information content (AvgIpc) is 3.05. The molecule has 0 saturated carbocycles. The average molecular weight is 366 g/mol. The van der Waals surface area contributed by atoms with Gasteiger partial charge in [0.05, 0.1) is 0 Å². The first kappa shape index (κ1) is 16.0. The number of hydrogen-bond acceptors (Lipinski definition) is 3. The molecule has 1 amide bonds. The van der Waals surface area contributed by atoms with Gasteiger partial charge in [-0.15, -0.1) is 0 Å². The molecule has 1 atom stereocenters. The molecule has 2 aliphatic heterocycles. The van der Waals surface area contributed by atoms with Crippen LogP contribution in [0.1, 0.15) is 18.4 Å². The molecule has 1 N–H and O–H groups in total.